The summed E-state index contributed by atoms with van der Waals surface area (Å²) in [6, 6.07) is 17.0. The predicted octanol–water partition coefficient (Wildman–Crippen LogP) is 11.3. The molecule has 1 saturated carbocycles. The summed E-state index contributed by atoms with van der Waals surface area (Å²) in [5, 5.41) is -0.0889. The number of likely N-dealkylation sites (tertiary alicyclic amines) is 1. The molecule has 1 aliphatic carbocycles. The summed E-state index contributed by atoms with van der Waals surface area (Å²) in [6.07, 6.45) is 1.54. The largest absolute Gasteiger partial charge is 0.497 e. The lowest BCUT2D eigenvalue weighted by molar-refractivity contribution is -0.137. The van der Waals surface area contributed by atoms with Crippen molar-refractivity contribution in [1.82, 2.24) is 24.8 Å². The number of anilines is 2. The molecule has 2 aromatic heterocycles. The normalized spacial score (nSPS) is 19.2. The van der Waals surface area contributed by atoms with E-state index in [1.807, 2.05) is 54.8 Å². The molecule has 3 aliphatic heterocycles. The van der Waals surface area contributed by atoms with Crippen molar-refractivity contribution in [2.75, 3.05) is 63.4 Å². The van der Waals surface area contributed by atoms with Gasteiger partial charge in [0.2, 0.25) is 0 Å². The van der Waals surface area contributed by atoms with Gasteiger partial charge in [0.05, 0.1) is 54.8 Å². The van der Waals surface area contributed by atoms with Crippen molar-refractivity contribution < 1.29 is 41.3 Å². The van der Waals surface area contributed by atoms with Gasteiger partial charge in [-0.1, -0.05) is 42.3 Å². The van der Waals surface area contributed by atoms with E-state index in [2.05, 4.69) is 9.88 Å². The van der Waals surface area contributed by atoms with Crippen LogP contribution in [0.3, 0.4) is 0 Å². The Morgan fingerprint density at radius 3 is 1.99 bits per heavy atom. The zero-order valence-corrected chi connectivity index (χ0v) is 40.9. The molecular formula is C52H60ClF4N7O5. The van der Waals surface area contributed by atoms with Gasteiger partial charge in [0.15, 0.2) is 5.82 Å². The monoisotopic (exact) mass is 973 g/mol. The van der Waals surface area contributed by atoms with Gasteiger partial charge in [0.25, 0.3) is 0 Å². The summed E-state index contributed by atoms with van der Waals surface area (Å²) in [7, 11) is 3.14. The third kappa shape index (κ3) is 10.6. The van der Waals surface area contributed by atoms with Gasteiger partial charge in [0.1, 0.15) is 34.3 Å². The van der Waals surface area contributed by atoms with Crippen LogP contribution in [0.15, 0.2) is 60.7 Å². The molecular weight excluding hydrogens is 914 g/mol. The summed E-state index contributed by atoms with van der Waals surface area (Å²) < 4.78 is 87.2. The van der Waals surface area contributed by atoms with E-state index in [-0.39, 0.29) is 63.9 Å². The molecule has 3 aromatic carbocycles. The molecule has 1 amide bonds. The van der Waals surface area contributed by atoms with Gasteiger partial charge < -0.3 is 33.6 Å². The molecule has 2 atom stereocenters. The van der Waals surface area contributed by atoms with Crippen LogP contribution in [0, 0.1) is 18.2 Å². The third-order valence-electron chi connectivity index (χ3n) is 13.8. The molecule has 0 N–H and O–H groups in total. The highest BCUT2D eigenvalue weighted by molar-refractivity contribution is 6.34. The van der Waals surface area contributed by atoms with Crippen LogP contribution in [0.4, 0.5) is 34.0 Å². The second-order valence-electron chi connectivity index (χ2n) is 20.1. The maximum atomic E-state index is 17.9. The fraction of sp³-hybridized carbons (Fsp3) is 0.500. The Balaban J connectivity index is 1.15. The van der Waals surface area contributed by atoms with Crippen molar-refractivity contribution in [2.45, 2.75) is 110 Å². The highest BCUT2D eigenvalue weighted by Crippen LogP contribution is 2.48. The standard InChI is InChI=1S/C52H60ClF4N7O5/c1-32-24-41(62(26-33-10-16-37(66-5)17-11-33)27-34-12-18-38(67-6)19-13-34)58-46(43(32)52(55,56)57)42-40(53)25-39-45(44(42)54)59-48(68-31-51(20-21-51)30-61-22-8-7-9-23-61)60-47(39)63-28-35-14-15-36(29-63)64(35)49(65)69-50(2,3)4/h10-13,16-19,24-25,35-36H,7-9,14-15,20-23,26-31H2,1-6H3/t35-,36+. The second-order valence-corrected chi connectivity index (χ2v) is 20.6. The number of rotatable bonds is 14. The van der Waals surface area contributed by atoms with Crippen LogP contribution in [0.1, 0.15) is 88.0 Å². The molecule has 0 radical (unpaired) electrons. The van der Waals surface area contributed by atoms with E-state index in [0.29, 0.717) is 37.0 Å². The van der Waals surface area contributed by atoms with Crippen LogP contribution in [-0.4, -0.2) is 102 Å². The Bertz CT molecular complexity index is 2610. The number of hydrogen-bond acceptors (Lipinski definition) is 11. The number of piperidine rings is 1. The molecule has 4 aliphatic rings. The van der Waals surface area contributed by atoms with E-state index in [4.69, 9.17) is 40.5 Å². The number of aryl methyl sites for hydroxylation is 1. The van der Waals surface area contributed by atoms with Crippen molar-refractivity contribution in [3.63, 3.8) is 0 Å². The number of methoxy groups -OCH3 is 2. The number of ether oxygens (including phenoxy) is 4. The molecule has 3 saturated heterocycles. The fourth-order valence-electron chi connectivity index (χ4n) is 10.2. The van der Waals surface area contributed by atoms with Crippen LogP contribution in [0.5, 0.6) is 17.5 Å². The first-order chi connectivity index (χ1) is 32.9. The number of carbonyl (C=O) groups excluding carboxylic acids is 1. The first-order valence-corrected chi connectivity index (χ1v) is 24.2. The van der Waals surface area contributed by atoms with Gasteiger partial charge in [-0.25, -0.2) is 14.2 Å². The maximum absolute atomic E-state index is 17.9. The minimum absolute atomic E-state index is 0.0874. The quantitative estimate of drug-likeness (QED) is 0.0993. The van der Waals surface area contributed by atoms with Crippen LogP contribution >= 0.6 is 11.6 Å². The van der Waals surface area contributed by atoms with Gasteiger partial charge >= 0.3 is 18.3 Å². The van der Waals surface area contributed by atoms with Crippen LogP contribution in [0.2, 0.25) is 5.02 Å². The Kier molecular flexibility index (Phi) is 13.5. The first kappa shape index (κ1) is 48.4. The first-order valence-electron chi connectivity index (χ1n) is 23.8. The van der Waals surface area contributed by atoms with E-state index in [1.165, 1.54) is 25.5 Å². The number of aromatic nitrogens is 3. The zero-order valence-electron chi connectivity index (χ0n) is 40.1. The number of fused-ring (bicyclic) bond motifs is 3. The van der Waals surface area contributed by atoms with Crippen molar-refractivity contribution in [3.05, 3.63) is 93.8 Å². The molecule has 69 heavy (non-hydrogen) atoms. The van der Waals surface area contributed by atoms with Gasteiger partial charge in [-0.3, -0.25) is 4.90 Å². The van der Waals surface area contributed by atoms with E-state index >= 15 is 17.6 Å². The Labute approximate surface area is 405 Å². The molecule has 0 unspecified atom stereocenters. The molecule has 17 heteroatoms. The highest BCUT2D eigenvalue weighted by atomic mass is 35.5. The Morgan fingerprint density at radius 1 is 0.855 bits per heavy atom. The lowest BCUT2D eigenvalue weighted by Crippen LogP contribution is -2.57. The average molecular weight is 975 g/mol. The number of amides is 1. The molecule has 9 rings (SSSR count). The summed E-state index contributed by atoms with van der Waals surface area (Å²) in [5.74, 6) is 0.707. The van der Waals surface area contributed by atoms with Crippen molar-refractivity contribution in [1.29, 1.82) is 0 Å². The SMILES string of the molecule is COc1ccc(CN(Cc2ccc(OC)cc2)c2cc(C)c(C(F)(F)F)c(-c3c(Cl)cc4c(N5C[C@H]6CC[C@@H](C5)N6C(=O)OC(C)(C)C)nc(OCC5(CN6CCCCC6)CC5)nc4c3F)n2)cc1. The number of piperazine rings is 1. The summed E-state index contributed by atoms with van der Waals surface area (Å²) in [6.45, 7) is 11.2. The van der Waals surface area contributed by atoms with Crippen LogP contribution < -0.4 is 24.0 Å². The number of pyridine rings is 1. The molecule has 2 bridgehead atoms. The van der Waals surface area contributed by atoms with Gasteiger partial charge in [-0.05, 0) is 132 Å². The maximum Gasteiger partial charge on any atom is 0.418 e. The second kappa shape index (κ2) is 19.3. The summed E-state index contributed by atoms with van der Waals surface area (Å²) >= 11 is 7.07. The number of benzene rings is 3. The molecule has 4 fully saturated rings. The smallest absolute Gasteiger partial charge is 0.418 e. The number of nitrogens with zero attached hydrogens (tertiary/aromatic N) is 7. The van der Waals surface area contributed by atoms with Crippen molar-refractivity contribution in [3.8, 4) is 28.8 Å². The molecule has 0 spiro atoms. The topological polar surface area (TPSA) is 106 Å². The minimum atomic E-state index is -4.95. The Morgan fingerprint density at radius 2 is 1.45 bits per heavy atom. The van der Waals surface area contributed by atoms with Gasteiger partial charge in [0, 0.05) is 43.5 Å². The molecule has 5 aromatic rings. The highest BCUT2D eigenvalue weighted by Gasteiger charge is 2.47. The fourth-order valence-corrected chi connectivity index (χ4v) is 10.5. The van der Waals surface area contributed by atoms with Gasteiger partial charge in [-0.2, -0.15) is 23.1 Å². The molecule has 5 heterocycles. The summed E-state index contributed by atoms with van der Waals surface area (Å²) in [4.78, 5) is 35.8. The predicted molar refractivity (Wildman–Crippen MR) is 258 cm³/mol. The number of carbonyl (C=O) groups is 1. The number of alkyl halides is 3. The van der Waals surface area contributed by atoms with E-state index in [1.54, 1.807) is 43.4 Å². The van der Waals surface area contributed by atoms with Crippen molar-refractivity contribution >= 4 is 40.2 Å². The number of halogens is 5. The van der Waals surface area contributed by atoms with E-state index in [0.717, 1.165) is 69.3 Å². The van der Waals surface area contributed by atoms with Gasteiger partial charge in [-0.15, -0.1) is 0 Å². The van der Waals surface area contributed by atoms with E-state index in [9.17, 15) is 4.79 Å². The van der Waals surface area contributed by atoms with Crippen LogP contribution in [0.25, 0.3) is 22.2 Å². The summed E-state index contributed by atoms with van der Waals surface area (Å²) in [5.41, 5.74) is -1.86. The molecule has 368 valence electrons. The van der Waals surface area contributed by atoms with E-state index < -0.39 is 40.5 Å². The van der Waals surface area contributed by atoms with Crippen LogP contribution in [-0.2, 0) is 24.0 Å². The lowest BCUT2D eigenvalue weighted by atomic mass is 9.98. The van der Waals surface area contributed by atoms with Crippen molar-refractivity contribution in [2.24, 2.45) is 5.41 Å². The molecule has 12 nitrogen and oxygen atoms in total. The zero-order chi connectivity index (χ0) is 48.8. The number of hydrogen-bond donors (Lipinski definition) is 0. The average Bonchev–Trinajstić information content (AvgIpc) is 4.02. The lowest BCUT2D eigenvalue weighted by Gasteiger charge is -2.42. The minimum Gasteiger partial charge on any atom is -0.497 e. The Hall–Kier alpha value is -5.61. The third-order valence-corrected chi connectivity index (χ3v) is 14.1.